The van der Waals surface area contributed by atoms with Crippen LogP contribution in [0.15, 0.2) is 29.3 Å². The van der Waals surface area contributed by atoms with Crippen molar-refractivity contribution in [3.63, 3.8) is 0 Å². The fraction of sp³-hybridized carbons (Fsp3) is 0.545. The van der Waals surface area contributed by atoms with E-state index >= 15 is 0 Å². The van der Waals surface area contributed by atoms with Crippen molar-refractivity contribution in [3.05, 3.63) is 46.1 Å². The predicted octanol–water partition coefficient (Wildman–Crippen LogP) is 3.53. The minimum absolute atomic E-state index is 0.00574. The Balaban J connectivity index is 1.58. The van der Waals surface area contributed by atoms with E-state index in [0.29, 0.717) is 18.1 Å². The van der Waals surface area contributed by atoms with Gasteiger partial charge in [-0.3, -0.25) is 4.79 Å². The van der Waals surface area contributed by atoms with Gasteiger partial charge in [0.1, 0.15) is 0 Å². The summed E-state index contributed by atoms with van der Waals surface area (Å²) in [5.74, 6) is 0.280. The number of hydrogen-bond acceptors (Lipinski definition) is 6. The number of nitrogens with two attached hydrogens (primary N) is 1. The molecule has 1 aliphatic rings. The van der Waals surface area contributed by atoms with Crippen LogP contribution in [0, 0.1) is 0 Å². The Labute approximate surface area is 176 Å². The molecule has 1 saturated carbocycles. The van der Waals surface area contributed by atoms with E-state index in [9.17, 15) is 4.79 Å². The molecule has 0 radical (unpaired) electrons. The Hall–Kier alpha value is -2.90. The van der Waals surface area contributed by atoms with Crippen LogP contribution in [-0.2, 0) is 6.42 Å². The number of imidazole rings is 1. The number of anilines is 1. The number of hydrogen-bond donors (Lipinski definition) is 1. The summed E-state index contributed by atoms with van der Waals surface area (Å²) in [5, 5.41) is 4.49. The zero-order chi connectivity index (χ0) is 21.1. The van der Waals surface area contributed by atoms with Gasteiger partial charge in [-0.05, 0) is 37.8 Å². The fourth-order valence-electron chi connectivity index (χ4n) is 4.25. The first-order chi connectivity index (χ1) is 14.5. The molecule has 160 valence electrons. The summed E-state index contributed by atoms with van der Waals surface area (Å²) in [4.78, 5) is 21.3. The van der Waals surface area contributed by atoms with Crippen molar-refractivity contribution in [1.29, 1.82) is 0 Å². The van der Waals surface area contributed by atoms with Crippen LogP contribution in [0.1, 0.15) is 76.1 Å². The van der Waals surface area contributed by atoms with Gasteiger partial charge in [0.05, 0.1) is 18.0 Å². The molecule has 2 N–H and O–H groups in total. The predicted molar refractivity (Wildman–Crippen MR) is 116 cm³/mol. The SMILES string of the molecule is CCC[C@H](C)Oc1nc(N)c2ncc(Cc3ccn(C4CCCCC4)c(=O)c3)n2n1. The third kappa shape index (κ3) is 4.32. The van der Waals surface area contributed by atoms with E-state index in [-0.39, 0.29) is 23.5 Å². The number of pyridine rings is 1. The fourth-order valence-corrected chi connectivity index (χ4v) is 4.25. The highest BCUT2D eigenvalue weighted by Gasteiger charge is 2.17. The maximum absolute atomic E-state index is 12.7. The van der Waals surface area contributed by atoms with Gasteiger partial charge in [0, 0.05) is 24.7 Å². The van der Waals surface area contributed by atoms with Crippen molar-refractivity contribution >= 4 is 11.5 Å². The van der Waals surface area contributed by atoms with Crippen LogP contribution in [0.3, 0.4) is 0 Å². The molecule has 0 bridgehead atoms. The minimum atomic E-state index is 0.00574. The van der Waals surface area contributed by atoms with Crippen molar-refractivity contribution in [2.24, 2.45) is 0 Å². The van der Waals surface area contributed by atoms with Gasteiger partial charge >= 0.3 is 6.01 Å². The summed E-state index contributed by atoms with van der Waals surface area (Å²) in [6, 6.07) is 4.31. The molecule has 1 fully saturated rings. The molecular formula is C22H30N6O2. The number of rotatable bonds is 7. The molecule has 3 aromatic rings. The highest BCUT2D eigenvalue weighted by Crippen LogP contribution is 2.27. The highest BCUT2D eigenvalue weighted by atomic mass is 16.5. The molecule has 0 aromatic carbocycles. The third-order valence-corrected chi connectivity index (χ3v) is 5.81. The molecule has 0 saturated heterocycles. The first kappa shape index (κ1) is 20.4. The van der Waals surface area contributed by atoms with Crippen molar-refractivity contribution < 1.29 is 4.74 Å². The lowest BCUT2D eigenvalue weighted by molar-refractivity contribution is 0.189. The summed E-state index contributed by atoms with van der Waals surface area (Å²) in [6.07, 6.45) is 12.0. The van der Waals surface area contributed by atoms with E-state index in [1.165, 1.54) is 19.3 Å². The molecule has 3 heterocycles. The van der Waals surface area contributed by atoms with Crippen LogP contribution in [0.2, 0.25) is 0 Å². The van der Waals surface area contributed by atoms with E-state index in [0.717, 1.165) is 36.9 Å². The molecular weight excluding hydrogens is 380 g/mol. The van der Waals surface area contributed by atoms with Crippen molar-refractivity contribution in [2.45, 2.75) is 77.4 Å². The van der Waals surface area contributed by atoms with Crippen molar-refractivity contribution in [1.82, 2.24) is 24.1 Å². The molecule has 1 aliphatic carbocycles. The van der Waals surface area contributed by atoms with E-state index in [1.807, 2.05) is 23.8 Å². The van der Waals surface area contributed by atoms with Crippen molar-refractivity contribution in [2.75, 3.05) is 5.73 Å². The molecule has 1 atom stereocenters. The van der Waals surface area contributed by atoms with Crippen LogP contribution in [0.5, 0.6) is 6.01 Å². The number of nitrogens with zero attached hydrogens (tertiary/aromatic N) is 5. The van der Waals surface area contributed by atoms with E-state index in [1.54, 1.807) is 16.8 Å². The van der Waals surface area contributed by atoms with Gasteiger partial charge in [-0.15, -0.1) is 5.10 Å². The number of fused-ring (bicyclic) bond motifs is 1. The van der Waals surface area contributed by atoms with Gasteiger partial charge < -0.3 is 15.0 Å². The number of ether oxygens (including phenoxy) is 1. The first-order valence-corrected chi connectivity index (χ1v) is 10.9. The van der Waals surface area contributed by atoms with Gasteiger partial charge in [0.2, 0.25) is 0 Å². The average Bonchev–Trinajstić information content (AvgIpc) is 3.12. The molecule has 8 heteroatoms. The molecule has 30 heavy (non-hydrogen) atoms. The Morgan fingerprint density at radius 3 is 2.83 bits per heavy atom. The van der Waals surface area contributed by atoms with Crippen molar-refractivity contribution in [3.8, 4) is 6.01 Å². The molecule has 0 unspecified atom stereocenters. The molecule has 8 nitrogen and oxygen atoms in total. The van der Waals surface area contributed by atoms with E-state index in [2.05, 4.69) is 22.0 Å². The summed E-state index contributed by atoms with van der Waals surface area (Å²) in [6.45, 7) is 4.09. The molecule has 0 amide bonds. The highest BCUT2D eigenvalue weighted by molar-refractivity contribution is 5.59. The lowest BCUT2D eigenvalue weighted by atomic mass is 9.95. The van der Waals surface area contributed by atoms with Gasteiger partial charge in [-0.2, -0.15) is 4.98 Å². The zero-order valence-corrected chi connectivity index (χ0v) is 17.8. The molecule has 3 aromatic heterocycles. The summed E-state index contributed by atoms with van der Waals surface area (Å²) in [5.41, 5.74) is 8.38. The second-order valence-corrected chi connectivity index (χ2v) is 8.23. The Morgan fingerprint density at radius 2 is 2.10 bits per heavy atom. The Morgan fingerprint density at radius 1 is 1.30 bits per heavy atom. The lowest BCUT2D eigenvalue weighted by Gasteiger charge is -2.24. The van der Waals surface area contributed by atoms with Crippen LogP contribution < -0.4 is 16.0 Å². The quantitative estimate of drug-likeness (QED) is 0.639. The van der Waals surface area contributed by atoms with Crippen LogP contribution >= 0.6 is 0 Å². The average molecular weight is 411 g/mol. The molecule has 0 spiro atoms. The van der Waals surface area contributed by atoms with Crippen LogP contribution in [0.25, 0.3) is 5.65 Å². The second kappa shape index (κ2) is 8.85. The normalized spacial score (nSPS) is 16.1. The lowest BCUT2D eigenvalue weighted by Crippen LogP contribution is -2.25. The first-order valence-electron chi connectivity index (χ1n) is 10.9. The topological polar surface area (TPSA) is 100 Å². The van der Waals surface area contributed by atoms with Gasteiger partial charge in [0.15, 0.2) is 11.5 Å². The minimum Gasteiger partial charge on any atom is -0.459 e. The largest absolute Gasteiger partial charge is 0.459 e. The van der Waals surface area contributed by atoms with E-state index < -0.39 is 0 Å². The third-order valence-electron chi connectivity index (χ3n) is 5.81. The Kier molecular flexibility index (Phi) is 6.01. The maximum Gasteiger partial charge on any atom is 0.336 e. The summed E-state index contributed by atoms with van der Waals surface area (Å²) >= 11 is 0. The monoisotopic (exact) mass is 410 g/mol. The standard InChI is InChI=1S/C22H30N6O2/c1-3-7-15(2)30-22-25-20(23)21-24-14-18(28(21)26-22)12-16-10-11-27(19(29)13-16)17-8-5-4-6-9-17/h10-11,13-15,17H,3-9,12H2,1-2H3,(H2,23,25,26)/t15-/m0/s1. The van der Waals surface area contributed by atoms with Gasteiger partial charge in [-0.25, -0.2) is 9.50 Å². The summed E-state index contributed by atoms with van der Waals surface area (Å²) < 4.78 is 9.37. The van der Waals surface area contributed by atoms with E-state index in [4.69, 9.17) is 10.5 Å². The van der Waals surface area contributed by atoms with Gasteiger partial charge in [0.25, 0.3) is 5.56 Å². The second-order valence-electron chi connectivity index (χ2n) is 8.23. The van der Waals surface area contributed by atoms with Crippen LogP contribution in [-0.4, -0.2) is 30.3 Å². The zero-order valence-electron chi connectivity index (χ0n) is 17.8. The molecule has 0 aliphatic heterocycles. The maximum atomic E-state index is 12.7. The summed E-state index contributed by atoms with van der Waals surface area (Å²) in [7, 11) is 0. The number of aromatic nitrogens is 5. The molecule has 4 rings (SSSR count). The smallest absolute Gasteiger partial charge is 0.336 e. The van der Waals surface area contributed by atoms with Gasteiger partial charge in [-0.1, -0.05) is 32.6 Å². The van der Waals surface area contributed by atoms with Crippen LogP contribution in [0.4, 0.5) is 5.82 Å². The Bertz CT molecular complexity index is 1070. The number of nitrogen functional groups attached to an aromatic ring is 1.